The molecule has 1 saturated carbocycles. The number of rotatable bonds is 5. The molecule has 2 rings (SSSR count). The van der Waals surface area contributed by atoms with Gasteiger partial charge in [0.15, 0.2) is 0 Å². The van der Waals surface area contributed by atoms with Crippen molar-refractivity contribution in [3.05, 3.63) is 29.8 Å². The molecule has 0 bridgehead atoms. The molecule has 1 aliphatic rings. The fraction of sp³-hybridized carbons (Fsp3) is 0.400. The van der Waals surface area contributed by atoms with E-state index in [1.165, 1.54) is 0 Å². The first-order valence-corrected chi connectivity index (χ1v) is 6.95. The molecule has 1 aromatic carbocycles. The lowest BCUT2D eigenvalue weighted by Gasteiger charge is -2.31. The average Bonchev–Trinajstić information content (AvgIpc) is 2.37. The molecule has 0 aliphatic heterocycles. The van der Waals surface area contributed by atoms with Crippen molar-refractivity contribution in [3.8, 4) is 0 Å². The van der Waals surface area contributed by atoms with Crippen LogP contribution in [0.15, 0.2) is 24.3 Å². The Kier molecular flexibility index (Phi) is 4.57. The van der Waals surface area contributed by atoms with Gasteiger partial charge >= 0.3 is 5.97 Å². The van der Waals surface area contributed by atoms with Crippen molar-refractivity contribution in [2.75, 3.05) is 11.9 Å². The van der Waals surface area contributed by atoms with Crippen LogP contribution in [0.1, 0.15) is 30.1 Å². The molecule has 0 saturated heterocycles. The van der Waals surface area contributed by atoms with E-state index in [2.05, 4.69) is 10.6 Å². The third-order valence-electron chi connectivity index (χ3n) is 3.68. The van der Waals surface area contributed by atoms with Gasteiger partial charge in [0.25, 0.3) is 5.91 Å². The Hall–Kier alpha value is -2.37. The van der Waals surface area contributed by atoms with Gasteiger partial charge in [-0.05, 0) is 44.0 Å². The van der Waals surface area contributed by atoms with E-state index < -0.39 is 17.8 Å². The molecule has 21 heavy (non-hydrogen) atoms. The van der Waals surface area contributed by atoms with Gasteiger partial charge in [-0.25, -0.2) is 0 Å². The molecule has 0 radical (unpaired) electrons. The Bertz CT molecular complexity index is 553. The Labute approximate surface area is 122 Å². The Morgan fingerprint density at radius 2 is 1.76 bits per heavy atom. The van der Waals surface area contributed by atoms with Gasteiger partial charge < -0.3 is 15.7 Å². The maximum Gasteiger partial charge on any atom is 0.307 e. The zero-order valence-corrected chi connectivity index (χ0v) is 11.8. The zero-order chi connectivity index (χ0) is 15.4. The number of carbonyl (C=O) groups is 3. The van der Waals surface area contributed by atoms with Gasteiger partial charge in [0.2, 0.25) is 5.91 Å². The van der Waals surface area contributed by atoms with Crippen molar-refractivity contribution in [3.63, 3.8) is 0 Å². The van der Waals surface area contributed by atoms with Crippen LogP contribution in [0.3, 0.4) is 0 Å². The minimum atomic E-state index is -0.923. The highest BCUT2D eigenvalue weighted by Gasteiger charge is 2.41. The summed E-state index contributed by atoms with van der Waals surface area (Å²) in [5.74, 6) is -2.42. The standard InChI is InChI=1S/C15H18N2O4/c1-2-16-13(18)9-3-5-10(6-4-9)17-14(19)11-7-8-12(11)15(20)21/h3-6,11-12H,2,7-8H2,1H3,(H,16,18)(H,17,19)(H,20,21). The van der Waals surface area contributed by atoms with Gasteiger partial charge in [-0.15, -0.1) is 0 Å². The SMILES string of the molecule is CCNC(=O)c1ccc(NC(=O)C2CCC2C(=O)O)cc1. The number of aliphatic carboxylic acids is 1. The van der Waals surface area contributed by atoms with E-state index in [0.717, 1.165) is 0 Å². The highest BCUT2D eigenvalue weighted by molar-refractivity contribution is 5.97. The van der Waals surface area contributed by atoms with Crippen LogP contribution >= 0.6 is 0 Å². The van der Waals surface area contributed by atoms with Gasteiger partial charge in [-0.1, -0.05) is 0 Å². The van der Waals surface area contributed by atoms with Crippen molar-refractivity contribution >= 4 is 23.5 Å². The van der Waals surface area contributed by atoms with E-state index in [4.69, 9.17) is 5.11 Å². The Morgan fingerprint density at radius 3 is 2.24 bits per heavy atom. The molecule has 6 nitrogen and oxygen atoms in total. The number of carboxylic acid groups (broad SMARTS) is 1. The summed E-state index contributed by atoms with van der Waals surface area (Å²) in [5, 5.41) is 14.3. The van der Waals surface area contributed by atoms with E-state index in [1.54, 1.807) is 24.3 Å². The molecule has 1 aromatic rings. The van der Waals surface area contributed by atoms with Crippen LogP contribution in [0.2, 0.25) is 0 Å². The predicted molar refractivity (Wildman–Crippen MR) is 76.9 cm³/mol. The predicted octanol–water partition coefficient (Wildman–Crippen LogP) is 1.49. The van der Waals surface area contributed by atoms with E-state index in [-0.39, 0.29) is 11.8 Å². The van der Waals surface area contributed by atoms with E-state index in [0.29, 0.717) is 30.6 Å². The van der Waals surface area contributed by atoms with Crippen molar-refractivity contribution in [2.45, 2.75) is 19.8 Å². The second-order valence-corrected chi connectivity index (χ2v) is 5.05. The summed E-state index contributed by atoms with van der Waals surface area (Å²) in [4.78, 5) is 34.5. The van der Waals surface area contributed by atoms with E-state index in [1.807, 2.05) is 6.92 Å². The molecule has 2 amide bonds. The summed E-state index contributed by atoms with van der Waals surface area (Å²) in [5.41, 5.74) is 1.07. The van der Waals surface area contributed by atoms with E-state index in [9.17, 15) is 14.4 Å². The lowest BCUT2D eigenvalue weighted by atomic mass is 9.73. The second kappa shape index (κ2) is 6.39. The average molecular weight is 290 g/mol. The molecule has 2 atom stereocenters. The number of amides is 2. The molecular weight excluding hydrogens is 272 g/mol. The van der Waals surface area contributed by atoms with Gasteiger partial charge in [-0.2, -0.15) is 0 Å². The van der Waals surface area contributed by atoms with Crippen LogP contribution in [0.5, 0.6) is 0 Å². The maximum absolute atomic E-state index is 12.0. The molecule has 1 fully saturated rings. The normalized spacial score (nSPS) is 20.2. The molecule has 0 aromatic heterocycles. The molecule has 0 spiro atoms. The van der Waals surface area contributed by atoms with E-state index >= 15 is 0 Å². The second-order valence-electron chi connectivity index (χ2n) is 5.05. The summed E-state index contributed by atoms with van der Waals surface area (Å²) in [6.45, 7) is 2.39. The summed E-state index contributed by atoms with van der Waals surface area (Å²) in [7, 11) is 0. The Balaban J connectivity index is 1.96. The number of hydrogen-bond donors (Lipinski definition) is 3. The monoisotopic (exact) mass is 290 g/mol. The summed E-state index contributed by atoms with van der Waals surface area (Å²) < 4.78 is 0. The zero-order valence-electron chi connectivity index (χ0n) is 11.8. The number of carbonyl (C=O) groups excluding carboxylic acids is 2. The van der Waals surface area contributed by atoms with Crippen molar-refractivity contribution in [1.29, 1.82) is 0 Å². The number of carboxylic acids is 1. The Morgan fingerprint density at radius 1 is 1.14 bits per heavy atom. The lowest BCUT2D eigenvalue weighted by molar-refractivity contribution is -0.151. The quantitative estimate of drug-likeness (QED) is 0.765. The molecule has 2 unspecified atom stereocenters. The van der Waals surface area contributed by atoms with Crippen molar-refractivity contribution in [2.24, 2.45) is 11.8 Å². The van der Waals surface area contributed by atoms with Crippen molar-refractivity contribution in [1.82, 2.24) is 5.32 Å². The maximum atomic E-state index is 12.0. The molecular formula is C15H18N2O4. The summed E-state index contributed by atoms with van der Waals surface area (Å²) >= 11 is 0. The fourth-order valence-electron chi connectivity index (χ4n) is 2.31. The third kappa shape index (κ3) is 3.39. The van der Waals surface area contributed by atoms with Crippen LogP contribution < -0.4 is 10.6 Å². The highest BCUT2D eigenvalue weighted by atomic mass is 16.4. The minimum Gasteiger partial charge on any atom is -0.481 e. The first-order valence-electron chi connectivity index (χ1n) is 6.95. The number of hydrogen-bond acceptors (Lipinski definition) is 3. The smallest absolute Gasteiger partial charge is 0.307 e. The topological polar surface area (TPSA) is 95.5 Å². The summed E-state index contributed by atoms with van der Waals surface area (Å²) in [6, 6.07) is 6.51. The summed E-state index contributed by atoms with van der Waals surface area (Å²) in [6.07, 6.45) is 1.14. The molecule has 112 valence electrons. The van der Waals surface area contributed by atoms with Crippen LogP contribution in [0.4, 0.5) is 5.69 Å². The third-order valence-corrected chi connectivity index (χ3v) is 3.68. The minimum absolute atomic E-state index is 0.166. The number of anilines is 1. The number of benzene rings is 1. The van der Waals surface area contributed by atoms with Gasteiger partial charge in [0.05, 0.1) is 11.8 Å². The van der Waals surface area contributed by atoms with Crippen LogP contribution in [0.25, 0.3) is 0 Å². The van der Waals surface area contributed by atoms with Gasteiger partial charge in [-0.3, -0.25) is 14.4 Å². The van der Waals surface area contributed by atoms with Gasteiger partial charge in [0, 0.05) is 17.8 Å². The lowest BCUT2D eigenvalue weighted by Crippen LogP contribution is -2.41. The molecule has 6 heteroatoms. The van der Waals surface area contributed by atoms with Crippen LogP contribution in [-0.4, -0.2) is 29.4 Å². The van der Waals surface area contributed by atoms with Crippen LogP contribution in [0, 0.1) is 11.8 Å². The van der Waals surface area contributed by atoms with Gasteiger partial charge in [0.1, 0.15) is 0 Å². The molecule has 0 heterocycles. The fourth-order valence-corrected chi connectivity index (χ4v) is 2.31. The first kappa shape index (κ1) is 15.0. The molecule has 3 N–H and O–H groups in total. The molecule has 1 aliphatic carbocycles. The van der Waals surface area contributed by atoms with Crippen molar-refractivity contribution < 1.29 is 19.5 Å². The number of nitrogens with one attached hydrogen (secondary N) is 2. The first-order chi connectivity index (χ1) is 10.0. The highest BCUT2D eigenvalue weighted by Crippen LogP contribution is 2.35. The largest absolute Gasteiger partial charge is 0.481 e. The van der Waals surface area contributed by atoms with Crippen LogP contribution in [-0.2, 0) is 9.59 Å².